The molecular formula is C22H15N3O. The topological polar surface area (TPSA) is 50.9 Å². The second-order valence-corrected chi connectivity index (χ2v) is 6.19. The number of aromatic hydroxyl groups is 1. The van der Waals surface area contributed by atoms with Crippen molar-refractivity contribution in [3.8, 4) is 22.7 Å². The van der Waals surface area contributed by atoms with Crippen LogP contribution in [0.25, 0.3) is 38.6 Å². The largest absolute Gasteiger partial charge is 0.492 e. The molecule has 5 rings (SSSR count). The van der Waals surface area contributed by atoms with Gasteiger partial charge in [-0.15, -0.1) is 0 Å². The Hall–Kier alpha value is -3.66. The molecule has 5 aromatic rings. The Morgan fingerprint density at radius 1 is 0.692 bits per heavy atom. The van der Waals surface area contributed by atoms with Crippen molar-refractivity contribution in [1.82, 2.24) is 14.8 Å². The second kappa shape index (κ2) is 5.70. The van der Waals surface area contributed by atoms with Gasteiger partial charge in [0.15, 0.2) is 5.52 Å². The summed E-state index contributed by atoms with van der Waals surface area (Å²) in [7, 11) is 0. The van der Waals surface area contributed by atoms with E-state index in [2.05, 4.69) is 22.2 Å². The summed E-state index contributed by atoms with van der Waals surface area (Å²) in [5.74, 6) is 0.0539. The van der Waals surface area contributed by atoms with Crippen LogP contribution in [0.5, 0.6) is 5.88 Å². The van der Waals surface area contributed by atoms with Crippen LogP contribution in [0.1, 0.15) is 0 Å². The highest BCUT2D eigenvalue weighted by molar-refractivity contribution is 6.04. The predicted octanol–water partition coefficient (Wildman–Crippen LogP) is 4.95. The Morgan fingerprint density at radius 3 is 2.19 bits per heavy atom. The molecule has 0 atom stereocenters. The van der Waals surface area contributed by atoms with Gasteiger partial charge in [0.25, 0.3) is 0 Å². The molecule has 124 valence electrons. The SMILES string of the molecule is Oc1c2ncc3ccccc3c2nn1-c1ccc(-c2ccccc2)cc1. The van der Waals surface area contributed by atoms with Crippen LogP contribution in [-0.4, -0.2) is 19.9 Å². The van der Waals surface area contributed by atoms with Gasteiger partial charge >= 0.3 is 0 Å². The molecule has 0 aliphatic heterocycles. The fraction of sp³-hybridized carbons (Fsp3) is 0. The first-order chi connectivity index (χ1) is 12.8. The molecule has 0 radical (unpaired) electrons. The lowest BCUT2D eigenvalue weighted by molar-refractivity contribution is 0.437. The maximum atomic E-state index is 10.6. The first-order valence-electron chi connectivity index (χ1n) is 8.42. The van der Waals surface area contributed by atoms with E-state index in [1.165, 1.54) is 0 Å². The van der Waals surface area contributed by atoms with Crippen molar-refractivity contribution >= 4 is 21.8 Å². The van der Waals surface area contributed by atoms with E-state index < -0.39 is 0 Å². The van der Waals surface area contributed by atoms with Gasteiger partial charge in [-0.2, -0.15) is 9.78 Å². The minimum atomic E-state index is 0.0539. The summed E-state index contributed by atoms with van der Waals surface area (Å²) in [5.41, 5.74) is 4.28. The van der Waals surface area contributed by atoms with E-state index >= 15 is 0 Å². The van der Waals surface area contributed by atoms with Crippen molar-refractivity contribution in [3.63, 3.8) is 0 Å². The van der Waals surface area contributed by atoms with E-state index in [9.17, 15) is 5.11 Å². The van der Waals surface area contributed by atoms with Gasteiger partial charge in [-0.1, -0.05) is 66.7 Å². The van der Waals surface area contributed by atoms with Gasteiger partial charge < -0.3 is 5.11 Å². The van der Waals surface area contributed by atoms with Gasteiger partial charge in [-0.25, -0.2) is 4.98 Å². The molecular weight excluding hydrogens is 322 g/mol. The van der Waals surface area contributed by atoms with Gasteiger partial charge in [0, 0.05) is 17.0 Å². The van der Waals surface area contributed by atoms with Crippen LogP contribution >= 0.6 is 0 Å². The Balaban J connectivity index is 1.65. The summed E-state index contributed by atoms with van der Waals surface area (Å²) < 4.78 is 1.54. The van der Waals surface area contributed by atoms with E-state index in [-0.39, 0.29) is 5.88 Å². The third-order valence-corrected chi connectivity index (χ3v) is 4.60. The molecule has 0 unspecified atom stereocenters. The lowest BCUT2D eigenvalue weighted by atomic mass is 10.1. The standard InChI is InChI=1S/C22H15N3O/c26-22-21-20(19-9-5-4-8-17(19)14-23-21)24-25(22)18-12-10-16(11-13-18)15-6-2-1-3-7-15/h1-14,26H. The molecule has 0 spiro atoms. The summed E-state index contributed by atoms with van der Waals surface area (Å²) in [6, 6.07) is 26.1. The van der Waals surface area contributed by atoms with Crippen LogP contribution in [-0.2, 0) is 0 Å². The summed E-state index contributed by atoms with van der Waals surface area (Å²) in [5, 5.41) is 17.2. The van der Waals surface area contributed by atoms with E-state index in [1.807, 2.05) is 66.7 Å². The molecule has 4 nitrogen and oxygen atoms in total. The minimum Gasteiger partial charge on any atom is -0.492 e. The van der Waals surface area contributed by atoms with Crippen LogP contribution in [0, 0.1) is 0 Å². The number of hydrogen-bond donors (Lipinski definition) is 1. The Kier molecular flexibility index (Phi) is 3.22. The van der Waals surface area contributed by atoms with E-state index in [0.717, 1.165) is 27.6 Å². The molecule has 4 heteroatoms. The smallest absolute Gasteiger partial charge is 0.241 e. The quantitative estimate of drug-likeness (QED) is 0.496. The van der Waals surface area contributed by atoms with Crippen molar-refractivity contribution < 1.29 is 5.11 Å². The maximum absolute atomic E-state index is 10.6. The van der Waals surface area contributed by atoms with Crippen LogP contribution in [0.4, 0.5) is 0 Å². The molecule has 0 saturated carbocycles. The summed E-state index contributed by atoms with van der Waals surface area (Å²) in [6.07, 6.45) is 1.77. The predicted molar refractivity (Wildman–Crippen MR) is 103 cm³/mol. The van der Waals surface area contributed by atoms with Crippen molar-refractivity contribution in [2.45, 2.75) is 0 Å². The Morgan fingerprint density at radius 2 is 1.38 bits per heavy atom. The van der Waals surface area contributed by atoms with E-state index in [0.29, 0.717) is 11.0 Å². The number of fused-ring (bicyclic) bond motifs is 3. The van der Waals surface area contributed by atoms with Gasteiger partial charge in [-0.05, 0) is 23.3 Å². The zero-order valence-corrected chi connectivity index (χ0v) is 13.9. The number of nitrogens with zero attached hydrogens (tertiary/aromatic N) is 3. The van der Waals surface area contributed by atoms with Crippen LogP contribution in [0.2, 0.25) is 0 Å². The van der Waals surface area contributed by atoms with Crippen LogP contribution < -0.4 is 0 Å². The molecule has 2 aromatic heterocycles. The molecule has 0 bridgehead atoms. The fourth-order valence-electron chi connectivity index (χ4n) is 3.27. The summed E-state index contributed by atoms with van der Waals surface area (Å²) in [4.78, 5) is 4.39. The highest BCUT2D eigenvalue weighted by Crippen LogP contribution is 2.31. The molecule has 2 heterocycles. The van der Waals surface area contributed by atoms with Gasteiger partial charge in [0.1, 0.15) is 5.52 Å². The maximum Gasteiger partial charge on any atom is 0.241 e. The minimum absolute atomic E-state index is 0.0539. The highest BCUT2D eigenvalue weighted by Gasteiger charge is 2.15. The number of benzene rings is 3. The number of aromatic nitrogens is 3. The Bertz CT molecular complexity index is 1230. The zero-order chi connectivity index (χ0) is 17.5. The van der Waals surface area contributed by atoms with E-state index in [1.54, 1.807) is 10.9 Å². The summed E-state index contributed by atoms with van der Waals surface area (Å²) >= 11 is 0. The molecule has 3 aromatic carbocycles. The normalized spacial score (nSPS) is 11.2. The lowest BCUT2D eigenvalue weighted by Gasteiger charge is -2.05. The zero-order valence-electron chi connectivity index (χ0n) is 13.9. The fourth-order valence-corrected chi connectivity index (χ4v) is 3.27. The third-order valence-electron chi connectivity index (χ3n) is 4.60. The summed E-state index contributed by atoms with van der Waals surface area (Å²) in [6.45, 7) is 0. The lowest BCUT2D eigenvalue weighted by Crippen LogP contribution is -1.95. The Labute approximate surface area is 150 Å². The van der Waals surface area contributed by atoms with Crippen molar-refractivity contribution in [2.75, 3.05) is 0 Å². The average molecular weight is 337 g/mol. The van der Waals surface area contributed by atoms with Gasteiger partial charge in [-0.3, -0.25) is 0 Å². The van der Waals surface area contributed by atoms with Crippen LogP contribution in [0.3, 0.4) is 0 Å². The molecule has 0 aliphatic carbocycles. The molecule has 0 fully saturated rings. The molecule has 1 N–H and O–H groups in total. The number of hydrogen-bond acceptors (Lipinski definition) is 3. The molecule has 0 saturated heterocycles. The van der Waals surface area contributed by atoms with Crippen molar-refractivity contribution in [3.05, 3.63) is 85.1 Å². The number of rotatable bonds is 2. The first-order valence-corrected chi connectivity index (χ1v) is 8.42. The monoisotopic (exact) mass is 337 g/mol. The number of pyridine rings is 1. The first kappa shape index (κ1) is 14.7. The third kappa shape index (κ3) is 2.24. The second-order valence-electron chi connectivity index (χ2n) is 6.19. The van der Waals surface area contributed by atoms with E-state index in [4.69, 9.17) is 0 Å². The average Bonchev–Trinajstić information content (AvgIpc) is 3.06. The molecule has 0 amide bonds. The van der Waals surface area contributed by atoms with Gasteiger partial charge in [0.05, 0.1) is 5.69 Å². The molecule has 26 heavy (non-hydrogen) atoms. The van der Waals surface area contributed by atoms with Crippen molar-refractivity contribution in [2.24, 2.45) is 0 Å². The van der Waals surface area contributed by atoms with Crippen molar-refractivity contribution in [1.29, 1.82) is 0 Å². The van der Waals surface area contributed by atoms with Gasteiger partial charge in [0.2, 0.25) is 5.88 Å². The van der Waals surface area contributed by atoms with Crippen LogP contribution in [0.15, 0.2) is 85.1 Å². The molecule has 0 aliphatic rings. The highest BCUT2D eigenvalue weighted by atomic mass is 16.3.